The molecule has 0 aromatic heterocycles. The molecule has 1 aromatic rings. The van der Waals surface area contributed by atoms with Gasteiger partial charge in [-0.25, -0.2) is 0 Å². The first-order chi connectivity index (χ1) is 9.25. The van der Waals surface area contributed by atoms with Crippen LogP contribution in [-0.2, 0) is 14.3 Å². The molecule has 2 N–H and O–H groups in total. The van der Waals surface area contributed by atoms with Crippen molar-refractivity contribution in [2.75, 3.05) is 12.4 Å². The van der Waals surface area contributed by atoms with Crippen molar-refractivity contribution in [2.45, 2.75) is 23.8 Å². The summed E-state index contributed by atoms with van der Waals surface area (Å²) in [5.41, 5.74) is 4.77. The molecule has 1 aliphatic heterocycles. The van der Waals surface area contributed by atoms with Crippen LogP contribution in [-0.4, -0.2) is 30.3 Å². The van der Waals surface area contributed by atoms with Crippen LogP contribution in [0.2, 0.25) is 0 Å². The van der Waals surface area contributed by atoms with Crippen LogP contribution in [0.1, 0.15) is 12.8 Å². The summed E-state index contributed by atoms with van der Waals surface area (Å²) < 4.78 is 5.21. The van der Waals surface area contributed by atoms with E-state index < -0.39 is 6.10 Å². The van der Waals surface area contributed by atoms with Crippen molar-refractivity contribution in [2.24, 2.45) is 0 Å². The maximum absolute atomic E-state index is 11.6. The van der Waals surface area contributed by atoms with Gasteiger partial charge in [-0.15, -0.1) is 11.8 Å². The van der Waals surface area contributed by atoms with E-state index in [4.69, 9.17) is 4.74 Å². The van der Waals surface area contributed by atoms with Gasteiger partial charge in [-0.3, -0.25) is 20.4 Å². The fourth-order valence-corrected chi connectivity index (χ4v) is 2.42. The summed E-state index contributed by atoms with van der Waals surface area (Å²) in [6.07, 6.45) is 1.16. The van der Waals surface area contributed by atoms with Crippen LogP contribution < -0.4 is 10.9 Å². The van der Waals surface area contributed by atoms with Crippen molar-refractivity contribution >= 4 is 23.6 Å². The number of hydrogen-bond acceptors (Lipinski definition) is 4. The predicted octanol–water partition coefficient (Wildman–Crippen LogP) is 1.11. The van der Waals surface area contributed by atoms with Gasteiger partial charge >= 0.3 is 0 Å². The van der Waals surface area contributed by atoms with E-state index in [0.717, 1.165) is 11.3 Å². The average molecular weight is 280 g/mol. The summed E-state index contributed by atoms with van der Waals surface area (Å²) in [5, 5.41) is 0. The number of carbonyl (C=O) groups is 2. The smallest absolute Gasteiger partial charge is 0.267 e. The number of benzene rings is 1. The van der Waals surface area contributed by atoms with Crippen LogP contribution in [0.25, 0.3) is 0 Å². The van der Waals surface area contributed by atoms with E-state index in [9.17, 15) is 9.59 Å². The second-order valence-corrected chi connectivity index (χ2v) is 5.19. The third-order valence-corrected chi connectivity index (χ3v) is 3.67. The molecule has 1 saturated heterocycles. The minimum absolute atomic E-state index is 0.236. The van der Waals surface area contributed by atoms with E-state index in [-0.39, 0.29) is 17.6 Å². The second kappa shape index (κ2) is 7.16. The first kappa shape index (κ1) is 13.9. The molecule has 1 atom stereocenters. The van der Waals surface area contributed by atoms with Gasteiger partial charge in [0.05, 0.1) is 5.75 Å². The Morgan fingerprint density at radius 2 is 2.05 bits per heavy atom. The highest BCUT2D eigenvalue weighted by Crippen LogP contribution is 2.16. The molecular formula is C13H16N2O3S. The lowest BCUT2D eigenvalue weighted by molar-refractivity contribution is -0.134. The molecule has 1 aromatic carbocycles. The van der Waals surface area contributed by atoms with Crippen LogP contribution in [0.5, 0.6) is 0 Å². The number of hydrazine groups is 1. The molecule has 2 rings (SSSR count). The van der Waals surface area contributed by atoms with Gasteiger partial charge in [0.15, 0.2) is 0 Å². The molecule has 0 spiro atoms. The Balaban J connectivity index is 1.65. The molecule has 1 unspecified atom stereocenters. The quantitative estimate of drug-likeness (QED) is 0.640. The molecule has 0 bridgehead atoms. The highest BCUT2D eigenvalue weighted by atomic mass is 32.2. The number of ether oxygens (including phenoxy) is 1. The standard InChI is InChI=1S/C13H16N2O3S/c16-12(9-19-10-5-2-1-3-6-10)14-15-13(17)11-7-4-8-18-11/h1-3,5-6,11H,4,7-9H2,(H,14,16)(H,15,17). The Hall–Kier alpha value is -1.53. The van der Waals surface area contributed by atoms with Crippen molar-refractivity contribution in [3.8, 4) is 0 Å². The van der Waals surface area contributed by atoms with Crippen molar-refractivity contribution in [1.82, 2.24) is 10.9 Å². The molecule has 0 aliphatic carbocycles. The Bertz CT molecular complexity index is 433. The van der Waals surface area contributed by atoms with Gasteiger partial charge in [-0.05, 0) is 25.0 Å². The Morgan fingerprint density at radius 1 is 1.26 bits per heavy atom. The van der Waals surface area contributed by atoms with E-state index >= 15 is 0 Å². The zero-order chi connectivity index (χ0) is 13.5. The lowest BCUT2D eigenvalue weighted by Crippen LogP contribution is -2.46. The number of hydrogen-bond donors (Lipinski definition) is 2. The van der Waals surface area contributed by atoms with Crippen LogP contribution in [0.3, 0.4) is 0 Å². The third-order valence-electron chi connectivity index (χ3n) is 2.66. The second-order valence-electron chi connectivity index (χ2n) is 4.14. The SMILES string of the molecule is O=C(CSc1ccccc1)NNC(=O)C1CCCO1. The lowest BCUT2D eigenvalue weighted by Gasteiger charge is -2.11. The molecule has 5 nitrogen and oxygen atoms in total. The molecule has 6 heteroatoms. The largest absolute Gasteiger partial charge is 0.368 e. The number of nitrogens with one attached hydrogen (secondary N) is 2. The van der Waals surface area contributed by atoms with Crippen molar-refractivity contribution < 1.29 is 14.3 Å². The molecule has 1 aliphatic rings. The molecule has 2 amide bonds. The zero-order valence-electron chi connectivity index (χ0n) is 10.4. The van der Waals surface area contributed by atoms with E-state index in [1.165, 1.54) is 11.8 Å². The van der Waals surface area contributed by atoms with Crippen molar-refractivity contribution in [3.63, 3.8) is 0 Å². The first-order valence-electron chi connectivity index (χ1n) is 6.14. The van der Waals surface area contributed by atoms with Gasteiger partial charge in [0.1, 0.15) is 6.10 Å². The van der Waals surface area contributed by atoms with Crippen LogP contribution in [0.4, 0.5) is 0 Å². The summed E-state index contributed by atoms with van der Waals surface area (Å²) >= 11 is 1.42. The molecule has 19 heavy (non-hydrogen) atoms. The fourth-order valence-electron chi connectivity index (χ4n) is 1.70. The predicted molar refractivity (Wildman–Crippen MR) is 72.4 cm³/mol. The molecule has 0 saturated carbocycles. The topological polar surface area (TPSA) is 67.4 Å². The van der Waals surface area contributed by atoms with E-state index in [1.807, 2.05) is 30.3 Å². The highest BCUT2D eigenvalue weighted by Gasteiger charge is 2.23. The normalized spacial score (nSPS) is 18.0. The summed E-state index contributed by atoms with van der Waals surface area (Å²) in [7, 11) is 0. The van der Waals surface area contributed by atoms with Gasteiger partial charge < -0.3 is 4.74 Å². The Labute approximate surface area is 116 Å². The van der Waals surface area contributed by atoms with Crippen LogP contribution in [0, 0.1) is 0 Å². The lowest BCUT2D eigenvalue weighted by atomic mass is 10.2. The molecule has 1 fully saturated rings. The maximum atomic E-state index is 11.6. The summed E-state index contributed by atoms with van der Waals surface area (Å²) in [4.78, 5) is 24.1. The van der Waals surface area contributed by atoms with Gasteiger partial charge in [-0.1, -0.05) is 18.2 Å². The van der Waals surface area contributed by atoms with Gasteiger partial charge in [0.25, 0.3) is 5.91 Å². The Morgan fingerprint density at radius 3 is 2.74 bits per heavy atom. The highest BCUT2D eigenvalue weighted by molar-refractivity contribution is 8.00. The van der Waals surface area contributed by atoms with E-state index in [1.54, 1.807) is 0 Å². The summed E-state index contributed by atoms with van der Waals surface area (Å²) in [6, 6.07) is 9.62. The third kappa shape index (κ3) is 4.57. The van der Waals surface area contributed by atoms with E-state index in [0.29, 0.717) is 13.0 Å². The van der Waals surface area contributed by atoms with Crippen LogP contribution >= 0.6 is 11.8 Å². The number of rotatable bonds is 4. The number of thioether (sulfide) groups is 1. The first-order valence-corrected chi connectivity index (χ1v) is 7.12. The monoisotopic (exact) mass is 280 g/mol. The fraction of sp³-hybridized carbons (Fsp3) is 0.385. The van der Waals surface area contributed by atoms with E-state index in [2.05, 4.69) is 10.9 Å². The van der Waals surface area contributed by atoms with Crippen molar-refractivity contribution in [1.29, 1.82) is 0 Å². The number of amides is 2. The average Bonchev–Trinajstić information content (AvgIpc) is 2.98. The van der Waals surface area contributed by atoms with Gasteiger partial charge in [0, 0.05) is 11.5 Å². The van der Waals surface area contributed by atoms with Gasteiger partial charge in [0.2, 0.25) is 5.91 Å². The minimum Gasteiger partial charge on any atom is -0.368 e. The molecule has 1 heterocycles. The molecule has 102 valence electrons. The molecule has 0 radical (unpaired) electrons. The summed E-state index contributed by atoms with van der Waals surface area (Å²) in [6.45, 7) is 0.607. The zero-order valence-corrected chi connectivity index (χ0v) is 11.2. The maximum Gasteiger partial charge on any atom is 0.267 e. The van der Waals surface area contributed by atoms with Crippen LogP contribution in [0.15, 0.2) is 35.2 Å². The van der Waals surface area contributed by atoms with Gasteiger partial charge in [-0.2, -0.15) is 0 Å². The summed E-state index contributed by atoms with van der Waals surface area (Å²) in [5.74, 6) is -0.258. The molecular weight excluding hydrogens is 264 g/mol. The minimum atomic E-state index is -0.429. The Kier molecular flexibility index (Phi) is 5.23. The van der Waals surface area contributed by atoms with Crippen molar-refractivity contribution in [3.05, 3.63) is 30.3 Å². The number of carbonyl (C=O) groups excluding carboxylic acids is 2.